The van der Waals surface area contributed by atoms with E-state index in [-0.39, 0.29) is 0 Å². The minimum absolute atomic E-state index is 0.678. The number of benzene rings is 1. The number of hydrogen-bond acceptors (Lipinski definition) is 4. The molecule has 0 saturated heterocycles. The fraction of sp³-hybridized carbons (Fsp3) is 0.250. The molecule has 0 fully saturated rings. The molecule has 2 aromatic rings. The van der Waals surface area contributed by atoms with Crippen LogP contribution in [0, 0.1) is 0 Å². The summed E-state index contributed by atoms with van der Waals surface area (Å²) in [7, 11) is 3.53. The smallest absolute Gasteiger partial charge is 0.141 e. The van der Waals surface area contributed by atoms with E-state index in [4.69, 9.17) is 10.5 Å². The highest BCUT2D eigenvalue weighted by Crippen LogP contribution is 2.26. The molecule has 17 heavy (non-hydrogen) atoms. The summed E-state index contributed by atoms with van der Waals surface area (Å²) in [6, 6.07) is 5.87. The van der Waals surface area contributed by atoms with E-state index in [0.29, 0.717) is 5.69 Å². The van der Waals surface area contributed by atoms with Gasteiger partial charge >= 0.3 is 0 Å². The van der Waals surface area contributed by atoms with Crippen LogP contribution in [-0.4, -0.2) is 16.9 Å². The highest BCUT2D eigenvalue weighted by Gasteiger charge is 2.02. The Morgan fingerprint density at radius 1 is 1.47 bits per heavy atom. The summed E-state index contributed by atoms with van der Waals surface area (Å²) < 4.78 is 6.92. The van der Waals surface area contributed by atoms with E-state index in [1.54, 1.807) is 23.6 Å². The molecule has 0 radical (unpaired) electrons. The van der Waals surface area contributed by atoms with Crippen LogP contribution in [0.25, 0.3) is 0 Å². The Hall–Kier alpha value is -1.62. The predicted molar refractivity (Wildman–Crippen MR) is 70.2 cm³/mol. The maximum absolute atomic E-state index is 5.85. The Bertz CT molecular complexity index is 510. The standard InChI is InChI=1S/C12H15N3OS/c1-15-7-10(6-14-15)17-8-9-3-4-12(16-2)11(13)5-9/h3-7H,8,13H2,1-2H3. The molecule has 0 aliphatic heterocycles. The summed E-state index contributed by atoms with van der Waals surface area (Å²) in [5.41, 5.74) is 7.71. The number of aromatic nitrogens is 2. The van der Waals surface area contributed by atoms with Crippen LogP contribution in [0.5, 0.6) is 5.75 Å². The minimum Gasteiger partial charge on any atom is -0.495 e. The van der Waals surface area contributed by atoms with Crippen LogP contribution < -0.4 is 10.5 Å². The van der Waals surface area contributed by atoms with Crippen molar-refractivity contribution < 1.29 is 4.74 Å². The third-order valence-electron chi connectivity index (χ3n) is 2.38. The van der Waals surface area contributed by atoms with Gasteiger partial charge in [-0.3, -0.25) is 4.68 Å². The Morgan fingerprint density at radius 2 is 2.29 bits per heavy atom. The molecule has 0 aliphatic carbocycles. The SMILES string of the molecule is COc1ccc(CSc2cnn(C)c2)cc1N. The first-order valence-corrected chi connectivity index (χ1v) is 6.21. The van der Waals surface area contributed by atoms with Gasteiger partial charge in [-0.15, -0.1) is 11.8 Å². The van der Waals surface area contributed by atoms with Crippen LogP contribution in [0.15, 0.2) is 35.5 Å². The monoisotopic (exact) mass is 249 g/mol. The number of anilines is 1. The molecule has 0 atom stereocenters. The van der Waals surface area contributed by atoms with E-state index in [9.17, 15) is 0 Å². The van der Waals surface area contributed by atoms with E-state index in [1.807, 2.05) is 37.6 Å². The van der Waals surface area contributed by atoms with E-state index in [2.05, 4.69) is 5.10 Å². The topological polar surface area (TPSA) is 53.1 Å². The molecule has 2 N–H and O–H groups in total. The number of thioether (sulfide) groups is 1. The molecule has 0 bridgehead atoms. The molecule has 90 valence electrons. The first-order chi connectivity index (χ1) is 8.19. The summed E-state index contributed by atoms with van der Waals surface area (Å²) in [5.74, 6) is 1.60. The second kappa shape index (κ2) is 5.14. The lowest BCUT2D eigenvalue weighted by molar-refractivity contribution is 0.417. The van der Waals surface area contributed by atoms with Crippen LogP contribution >= 0.6 is 11.8 Å². The predicted octanol–water partition coefficient (Wildman–Crippen LogP) is 2.30. The molecular weight excluding hydrogens is 234 g/mol. The molecule has 5 heteroatoms. The van der Waals surface area contributed by atoms with Crippen LogP contribution in [0.2, 0.25) is 0 Å². The van der Waals surface area contributed by atoms with Gasteiger partial charge in [0, 0.05) is 23.9 Å². The van der Waals surface area contributed by atoms with Crippen molar-refractivity contribution >= 4 is 17.4 Å². The lowest BCUT2D eigenvalue weighted by Gasteiger charge is -2.06. The van der Waals surface area contributed by atoms with Gasteiger partial charge in [-0.05, 0) is 17.7 Å². The Balaban J connectivity index is 2.02. The fourth-order valence-corrected chi connectivity index (χ4v) is 2.38. The van der Waals surface area contributed by atoms with Crippen molar-refractivity contribution in [3.05, 3.63) is 36.2 Å². The molecule has 4 nitrogen and oxygen atoms in total. The number of nitrogen functional groups attached to an aromatic ring is 1. The van der Waals surface area contributed by atoms with Gasteiger partial charge in [-0.1, -0.05) is 6.07 Å². The van der Waals surface area contributed by atoms with Crippen LogP contribution in [0.4, 0.5) is 5.69 Å². The van der Waals surface area contributed by atoms with Gasteiger partial charge in [-0.25, -0.2) is 0 Å². The van der Waals surface area contributed by atoms with Crippen molar-refractivity contribution in [1.82, 2.24) is 9.78 Å². The number of nitrogens with zero attached hydrogens (tertiary/aromatic N) is 2. The second-order valence-electron chi connectivity index (χ2n) is 3.71. The van der Waals surface area contributed by atoms with Gasteiger partial charge < -0.3 is 10.5 Å². The van der Waals surface area contributed by atoms with E-state index in [1.165, 1.54) is 5.56 Å². The lowest BCUT2D eigenvalue weighted by atomic mass is 10.2. The molecule has 1 aromatic carbocycles. The minimum atomic E-state index is 0.678. The number of aryl methyl sites for hydroxylation is 1. The maximum atomic E-state index is 5.85. The van der Waals surface area contributed by atoms with E-state index < -0.39 is 0 Å². The van der Waals surface area contributed by atoms with Crippen LogP contribution in [0.3, 0.4) is 0 Å². The summed E-state index contributed by atoms with van der Waals surface area (Å²) in [6.45, 7) is 0. The molecule has 0 aliphatic rings. The molecule has 0 amide bonds. The fourth-order valence-electron chi connectivity index (χ4n) is 1.51. The zero-order chi connectivity index (χ0) is 12.3. The molecule has 2 rings (SSSR count). The van der Waals surface area contributed by atoms with Gasteiger partial charge in [0.15, 0.2) is 0 Å². The van der Waals surface area contributed by atoms with Crippen molar-refractivity contribution in [1.29, 1.82) is 0 Å². The average Bonchev–Trinajstić information content (AvgIpc) is 2.73. The molecule has 0 unspecified atom stereocenters. The summed E-state index contributed by atoms with van der Waals surface area (Å²) in [5, 5.41) is 4.12. The van der Waals surface area contributed by atoms with Crippen LogP contribution in [0.1, 0.15) is 5.56 Å². The van der Waals surface area contributed by atoms with Crippen molar-refractivity contribution in [2.24, 2.45) is 7.05 Å². The highest BCUT2D eigenvalue weighted by atomic mass is 32.2. The third-order valence-corrected chi connectivity index (χ3v) is 3.40. The zero-order valence-corrected chi connectivity index (χ0v) is 10.7. The van der Waals surface area contributed by atoms with Gasteiger partial charge in [0.25, 0.3) is 0 Å². The quantitative estimate of drug-likeness (QED) is 0.667. The van der Waals surface area contributed by atoms with Gasteiger partial charge in [-0.2, -0.15) is 5.10 Å². The number of nitrogens with two attached hydrogens (primary N) is 1. The van der Waals surface area contributed by atoms with Crippen molar-refractivity contribution in [2.75, 3.05) is 12.8 Å². The molecular formula is C12H15N3OS. The Morgan fingerprint density at radius 3 is 2.88 bits per heavy atom. The van der Waals surface area contributed by atoms with Crippen molar-refractivity contribution in [2.45, 2.75) is 10.6 Å². The first kappa shape index (κ1) is 11.9. The Kier molecular flexibility index (Phi) is 3.58. The second-order valence-corrected chi connectivity index (χ2v) is 4.76. The largest absolute Gasteiger partial charge is 0.495 e. The Labute approximate surface area is 105 Å². The van der Waals surface area contributed by atoms with Crippen LogP contribution in [-0.2, 0) is 12.8 Å². The van der Waals surface area contributed by atoms with Gasteiger partial charge in [0.2, 0.25) is 0 Å². The summed E-state index contributed by atoms with van der Waals surface area (Å²) in [4.78, 5) is 1.15. The van der Waals surface area contributed by atoms with E-state index in [0.717, 1.165) is 16.4 Å². The lowest BCUT2D eigenvalue weighted by Crippen LogP contribution is -1.93. The summed E-state index contributed by atoms with van der Waals surface area (Å²) in [6.07, 6.45) is 3.86. The number of methoxy groups -OCH3 is 1. The molecule has 1 aromatic heterocycles. The van der Waals surface area contributed by atoms with Crippen molar-refractivity contribution in [3.63, 3.8) is 0 Å². The number of ether oxygens (including phenoxy) is 1. The van der Waals surface area contributed by atoms with Gasteiger partial charge in [0.1, 0.15) is 5.75 Å². The van der Waals surface area contributed by atoms with E-state index >= 15 is 0 Å². The zero-order valence-electron chi connectivity index (χ0n) is 9.88. The average molecular weight is 249 g/mol. The maximum Gasteiger partial charge on any atom is 0.141 e. The first-order valence-electron chi connectivity index (χ1n) is 5.23. The molecule has 1 heterocycles. The summed E-state index contributed by atoms with van der Waals surface area (Å²) >= 11 is 1.74. The van der Waals surface area contributed by atoms with Gasteiger partial charge in [0.05, 0.1) is 19.0 Å². The molecule has 0 saturated carbocycles. The highest BCUT2D eigenvalue weighted by molar-refractivity contribution is 7.98. The molecule has 0 spiro atoms. The number of hydrogen-bond donors (Lipinski definition) is 1. The normalized spacial score (nSPS) is 10.5. The van der Waals surface area contributed by atoms with Crippen molar-refractivity contribution in [3.8, 4) is 5.75 Å². The number of rotatable bonds is 4. The third kappa shape index (κ3) is 2.94.